The van der Waals surface area contributed by atoms with Crippen LogP contribution in [0.1, 0.15) is 12.0 Å². The highest BCUT2D eigenvalue weighted by molar-refractivity contribution is 7.89. The standard InChI is InChI=1S/C14H21FN2O3S/c1-10-4-5-14(11(15)8-10)21(19,20)17-7-6-12(16(2)3)13(18)9-17/h4-5,8,12-13,18H,6-7,9H2,1-3H3/t12-,13-/m0/s1. The fourth-order valence-electron chi connectivity index (χ4n) is 2.67. The molecule has 0 aliphatic carbocycles. The lowest BCUT2D eigenvalue weighted by molar-refractivity contribution is 0.0291. The van der Waals surface area contributed by atoms with Gasteiger partial charge in [-0.25, -0.2) is 12.8 Å². The molecule has 1 heterocycles. The van der Waals surface area contributed by atoms with Crippen molar-refractivity contribution in [1.82, 2.24) is 9.21 Å². The van der Waals surface area contributed by atoms with Gasteiger partial charge in [0.1, 0.15) is 10.7 Å². The van der Waals surface area contributed by atoms with Gasteiger partial charge in [-0.05, 0) is 45.1 Å². The summed E-state index contributed by atoms with van der Waals surface area (Å²) < 4.78 is 40.1. The number of likely N-dealkylation sites (N-methyl/N-ethyl adjacent to an activating group) is 1. The third kappa shape index (κ3) is 3.26. The molecular formula is C14H21FN2O3S. The number of β-amino-alcohol motifs (C(OH)–C–C–N with tert-alkyl or cyclic N) is 1. The summed E-state index contributed by atoms with van der Waals surface area (Å²) in [7, 11) is -0.222. The lowest BCUT2D eigenvalue weighted by Crippen LogP contribution is -2.53. The maximum Gasteiger partial charge on any atom is 0.246 e. The highest BCUT2D eigenvalue weighted by atomic mass is 32.2. The molecule has 1 saturated heterocycles. The Morgan fingerprint density at radius 2 is 2.05 bits per heavy atom. The lowest BCUT2D eigenvalue weighted by Gasteiger charge is -2.38. The Labute approximate surface area is 125 Å². The van der Waals surface area contributed by atoms with E-state index < -0.39 is 21.9 Å². The van der Waals surface area contributed by atoms with Crippen LogP contribution in [0.3, 0.4) is 0 Å². The number of aliphatic hydroxyl groups excluding tert-OH is 1. The van der Waals surface area contributed by atoms with E-state index in [-0.39, 0.29) is 24.0 Å². The van der Waals surface area contributed by atoms with E-state index in [2.05, 4.69) is 0 Å². The van der Waals surface area contributed by atoms with Gasteiger partial charge >= 0.3 is 0 Å². The average Bonchev–Trinajstić information content (AvgIpc) is 2.37. The van der Waals surface area contributed by atoms with Crippen LogP contribution < -0.4 is 0 Å². The van der Waals surface area contributed by atoms with E-state index in [0.29, 0.717) is 12.0 Å². The molecule has 0 unspecified atom stereocenters. The number of aliphatic hydroxyl groups is 1. The third-order valence-electron chi connectivity index (χ3n) is 3.88. The minimum atomic E-state index is -3.91. The maximum atomic E-state index is 13.9. The van der Waals surface area contributed by atoms with Gasteiger partial charge in [0, 0.05) is 19.1 Å². The number of hydrogen-bond donors (Lipinski definition) is 1. The molecule has 21 heavy (non-hydrogen) atoms. The van der Waals surface area contributed by atoms with Gasteiger partial charge in [-0.3, -0.25) is 0 Å². The monoisotopic (exact) mass is 316 g/mol. The largest absolute Gasteiger partial charge is 0.390 e. The number of hydrogen-bond acceptors (Lipinski definition) is 4. The van der Waals surface area contributed by atoms with Gasteiger partial charge in [-0.1, -0.05) is 6.07 Å². The van der Waals surface area contributed by atoms with E-state index in [1.807, 2.05) is 19.0 Å². The summed E-state index contributed by atoms with van der Waals surface area (Å²) in [6.07, 6.45) is -0.266. The van der Waals surface area contributed by atoms with Crippen molar-refractivity contribution in [2.24, 2.45) is 0 Å². The predicted octanol–water partition coefficient (Wildman–Crippen LogP) is 0.820. The van der Waals surface area contributed by atoms with Crippen LogP contribution in [-0.2, 0) is 10.0 Å². The van der Waals surface area contributed by atoms with Gasteiger partial charge in [-0.2, -0.15) is 4.31 Å². The number of piperidine rings is 1. The summed E-state index contributed by atoms with van der Waals surface area (Å²) in [6.45, 7) is 1.96. The molecule has 118 valence electrons. The number of sulfonamides is 1. The van der Waals surface area contributed by atoms with Crippen molar-refractivity contribution >= 4 is 10.0 Å². The zero-order chi connectivity index (χ0) is 15.8. The number of benzene rings is 1. The normalized spacial score (nSPS) is 24.5. The van der Waals surface area contributed by atoms with Crippen LogP contribution in [0.25, 0.3) is 0 Å². The molecule has 1 aliphatic heterocycles. The first kappa shape index (κ1) is 16.4. The van der Waals surface area contributed by atoms with Crippen LogP contribution >= 0.6 is 0 Å². The summed E-state index contributed by atoms with van der Waals surface area (Å²) in [5, 5.41) is 10.1. The molecule has 1 aromatic carbocycles. The van der Waals surface area contributed by atoms with Gasteiger partial charge in [0.15, 0.2) is 0 Å². The molecule has 1 aliphatic rings. The molecule has 0 radical (unpaired) electrons. The summed E-state index contributed by atoms with van der Waals surface area (Å²) in [5.74, 6) is -0.751. The summed E-state index contributed by atoms with van der Waals surface area (Å²) in [6, 6.07) is 3.97. The van der Waals surface area contributed by atoms with Crippen LogP contribution in [0.4, 0.5) is 4.39 Å². The Bertz CT molecular complexity index is 619. The highest BCUT2D eigenvalue weighted by Crippen LogP contribution is 2.24. The molecule has 2 rings (SSSR count). The summed E-state index contributed by atoms with van der Waals surface area (Å²) in [5.41, 5.74) is 0.665. The maximum absolute atomic E-state index is 13.9. The van der Waals surface area contributed by atoms with Crippen LogP contribution in [0.2, 0.25) is 0 Å². The number of rotatable bonds is 3. The second-order valence-electron chi connectivity index (χ2n) is 5.68. The van der Waals surface area contributed by atoms with E-state index in [1.165, 1.54) is 12.1 Å². The quantitative estimate of drug-likeness (QED) is 0.897. The van der Waals surface area contributed by atoms with Crippen molar-refractivity contribution in [3.05, 3.63) is 29.6 Å². The van der Waals surface area contributed by atoms with Crippen LogP contribution in [0, 0.1) is 12.7 Å². The zero-order valence-corrected chi connectivity index (χ0v) is 13.3. The van der Waals surface area contributed by atoms with Crippen molar-refractivity contribution in [3.63, 3.8) is 0 Å². The highest BCUT2D eigenvalue weighted by Gasteiger charge is 2.36. The first-order valence-electron chi connectivity index (χ1n) is 6.84. The van der Waals surface area contributed by atoms with Crippen molar-refractivity contribution in [3.8, 4) is 0 Å². The van der Waals surface area contributed by atoms with Crippen LogP contribution in [0.5, 0.6) is 0 Å². The second kappa shape index (κ2) is 6.00. The van der Waals surface area contributed by atoms with Crippen molar-refractivity contribution < 1.29 is 17.9 Å². The van der Waals surface area contributed by atoms with E-state index in [9.17, 15) is 17.9 Å². The molecular weight excluding hydrogens is 295 g/mol. The van der Waals surface area contributed by atoms with Gasteiger partial charge in [0.25, 0.3) is 0 Å². The summed E-state index contributed by atoms with van der Waals surface area (Å²) in [4.78, 5) is 1.55. The molecule has 1 aromatic rings. The molecule has 0 saturated carbocycles. The zero-order valence-electron chi connectivity index (χ0n) is 12.5. The molecule has 7 heteroatoms. The fourth-order valence-corrected chi connectivity index (χ4v) is 4.18. The number of halogens is 1. The van der Waals surface area contributed by atoms with Crippen molar-refractivity contribution in [2.75, 3.05) is 27.2 Å². The van der Waals surface area contributed by atoms with Crippen molar-refractivity contribution in [1.29, 1.82) is 0 Å². The smallest absolute Gasteiger partial charge is 0.246 e. The number of aryl methyl sites for hydroxylation is 1. The molecule has 1 fully saturated rings. The Balaban J connectivity index is 2.25. The van der Waals surface area contributed by atoms with Gasteiger partial charge < -0.3 is 10.0 Å². The third-order valence-corrected chi connectivity index (χ3v) is 5.78. The second-order valence-corrected chi connectivity index (χ2v) is 7.59. The fraction of sp³-hybridized carbons (Fsp3) is 0.571. The molecule has 5 nitrogen and oxygen atoms in total. The van der Waals surface area contributed by atoms with Gasteiger partial charge in [-0.15, -0.1) is 0 Å². The Morgan fingerprint density at radius 3 is 2.57 bits per heavy atom. The SMILES string of the molecule is Cc1ccc(S(=O)(=O)N2CC[C@H](N(C)C)[C@@H](O)C2)c(F)c1. The lowest BCUT2D eigenvalue weighted by atomic mass is 10.0. The van der Waals surface area contributed by atoms with Gasteiger partial charge in [0.05, 0.1) is 6.10 Å². The molecule has 0 bridgehead atoms. The molecule has 0 aromatic heterocycles. The predicted molar refractivity (Wildman–Crippen MR) is 78.0 cm³/mol. The average molecular weight is 316 g/mol. The molecule has 2 atom stereocenters. The minimum Gasteiger partial charge on any atom is -0.390 e. The topological polar surface area (TPSA) is 60.9 Å². The van der Waals surface area contributed by atoms with E-state index in [0.717, 1.165) is 4.31 Å². The summed E-state index contributed by atoms with van der Waals surface area (Å²) >= 11 is 0. The van der Waals surface area contributed by atoms with Crippen LogP contribution in [0.15, 0.2) is 23.1 Å². The van der Waals surface area contributed by atoms with Gasteiger partial charge in [0.2, 0.25) is 10.0 Å². The Kier molecular flexibility index (Phi) is 4.67. The Morgan fingerprint density at radius 1 is 1.38 bits per heavy atom. The van der Waals surface area contributed by atoms with E-state index >= 15 is 0 Å². The van der Waals surface area contributed by atoms with Crippen molar-refractivity contribution in [2.45, 2.75) is 30.4 Å². The van der Waals surface area contributed by atoms with Crippen LogP contribution in [-0.4, -0.2) is 62.1 Å². The molecule has 0 spiro atoms. The van der Waals surface area contributed by atoms with E-state index in [1.54, 1.807) is 13.0 Å². The van der Waals surface area contributed by atoms with E-state index in [4.69, 9.17) is 0 Å². The Hall–Kier alpha value is -1.02. The molecule has 0 amide bonds. The molecule has 1 N–H and O–H groups in total. The number of nitrogens with zero attached hydrogens (tertiary/aromatic N) is 2. The minimum absolute atomic E-state index is 0.0154. The first-order valence-corrected chi connectivity index (χ1v) is 8.28. The first-order chi connectivity index (χ1) is 9.73.